The fourth-order valence-electron chi connectivity index (χ4n) is 6.34. The lowest BCUT2D eigenvalue weighted by Crippen LogP contribution is -2.44. The van der Waals surface area contributed by atoms with Crippen LogP contribution in [0.1, 0.15) is 36.9 Å². The van der Waals surface area contributed by atoms with Gasteiger partial charge in [-0.15, -0.1) is 0 Å². The third-order valence-corrected chi connectivity index (χ3v) is 8.81. The van der Waals surface area contributed by atoms with Crippen LogP contribution in [0.15, 0.2) is 41.6 Å². The van der Waals surface area contributed by atoms with Crippen LogP contribution in [0.5, 0.6) is 6.01 Å². The molecule has 0 bridgehead atoms. The summed E-state index contributed by atoms with van der Waals surface area (Å²) in [4.78, 5) is 51.3. The Morgan fingerprint density at radius 3 is 2.45 bits per heavy atom. The summed E-state index contributed by atoms with van der Waals surface area (Å²) in [6.07, 6.45) is 6.50. The zero-order valence-corrected chi connectivity index (χ0v) is 26.0. The van der Waals surface area contributed by atoms with Crippen molar-refractivity contribution in [3.63, 3.8) is 0 Å². The third-order valence-electron chi connectivity index (χ3n) is 8.81. The van der Waals surface area contributed by atoms with Crippen LogP contribution in [-0.2, 0) is 4.79 Å². The van der Waals surface area contributed by atoms with E-state index in [-0.39, 0.29) is 23.5 Å². The summed E-state index contributed by atoms with van der Waals surface area (Å²) >= 11 is 0. The van der Waals surface area contributed by atoms with Gasteiger partial charge in [0.15, 0.2) is 0 Å². The highest BCUT2D eigenvalue weighted by Gasteiger charge is 2.28. The lowest BCUT2D eigenvalue weighted by Gasteiger charge is -2.35. The van der Waals surface area contributed by atoms with Crippen LogP contribution in [0.25, 0.3) is 22.2 Å². The number of carbonyl (C=O) groups excluding carboxylic acids is 1. The molecule has 0 aliphatic carbocycles. The van der Waals surface area contributed by atoms with Gasteiger partial charge in [0.05, 0.1) is 18.7 Å². The largest absolute Gasteiger partial charge is 0.467 e. The standard InChI is InChI=1S/C32H39N9O3/c1-20-15-24(8-9-27(20)39-13-11-38(4)12-14-39)36-31-33-18-26-21(2)28(23-16-34-32(44-5)35-17-23)30(43)41(29(26)37-31)25-7-6-10-40(19-25)22(3)42/h8-9,15-18,25H,6-7,10-14,19H2,1-5H3,(H,33,36,37). The fraction of sp³-hybridized carbons (Fsp3) is 0.438. The second kappa shape index (κ2) is 12.2. The number of hydrogen-bond acceptors (Lipinski definition) is 10. The van der Waals surface area contributed by atoms with Crippen LogP contribution in [0.2, 0.25) is 0 Å². The fourth-order valence-corrected chi connectivity index (χ4v) is 6.34. The van der Waals surface area contributed by atoms with Crippen molar-refractivity contribution in [2.24, 2.45) is 0 Å². The highest BCUT2D eigenvalue weighted by atomic mass is 16.5. The number of anilines is 3. The molecule has 1 unspecified atom stereocenters. The molecule has 5 heterocycles. The Labute approximate surface area is 256 Å². The number of nitrogens with zero attached hydrogens (tertiary/aromatic N) is 8. The number of amides is 1. The van der Waals surface area contributed by atoms with Crippen molar-refractivity contribution in [3.8, 4) is 17.1 Å². The smallest absolute Gasteiger partial charge is 0.316 e. The monoisotopic (exact) mass is 597 g/mol. The quantitative estimate of drug-likeness (QED) is 0.353. The lowest BCUT2D eigenvalue weighted by atomic mass is 9.99. The number of aryl methyl sites for hydroxylation is 2. The number of methoxy groups -OCH3 is 1. The molecular weight excluding hydrogens is 558 g/mol. The molecule has 12 heteroatoms. The van der Waals surface area contributed by atoms with Crippen LogP contribution >= 0.6 is 0 Å². The number of piperazine rings is 1. The number of fused-ring (bicyclic) bond motifs is 1. The Balaban J connectivity index is 1.41. The molecule has 2 aliphatic rings. The SMILES string of the molecule is COc1ncc(-c2c(C)c3cnc(Nc4ccc(N5CCN(C)CC5)c(C)c4)nc3n(C3CCCN(C(C)=O)C3)c2=O)cn1. The van der Waals surface area contributed by atoms with Gasteiger partial charge in [-0.1, -0.05) is 0 Å². The van der Waals surface area contributed by atoms with Gasteiger partial charge < -0.3 is 24.8 Å². The molecule has 2 saturated heterocycles. The third kappa shape index (κ3) is 5.69. The van der Waals surface area contributed by atoms with Gasteiger partial charge in [-0.05, 0) is 63.1 Å². The van der Waals surface area contributed by atoms with Crippen molar-refractivity contribution in [2.75, 3.05) is 63.6 Å². The molecule has 2 aliphatic heterocycles. The highest BCUT2D eigenvalue weighted by molar-refractivity contribution is 5.86. The van der Waals surface area contributed by atoms with Crippen LogP contribution in [0.4, 0.5) is 17.3 Å². The zero-order valence-electron chi connectivity index (χ0n) is 26.0. The van der Waals surface area contributed by atoms with E-state index in [0.29, 0.717) is 35.8 Å². The average Bonchev–Trinajstić information content (AvgIpc) is 3.02. The van der Waals surface area contributed by atoms with Gasteiger partial charge in [0.1, 0.15) is 5.65 Å². The molecule has 2 fully saturated rings. The summed E-state index contributed by atoms with van der Waals surface area (Å²) in [6, 6.07) is 6.28. The molecular formula is C32H39N9O3. The Hall–Kier alpha value is -4.58. The van der Waals surface area contributed by atoms with E-state index in [1.54, 1.807) is 35.0 Å². The summed E-state index contributed by atoms with van der Waals surface area (Å²) in [6.45, 7) is 10.8. The van der Waals surface area contributed by atoms with Gasteiger partial charge in [-0.2, -0.15) is 4.98 Å². The Morgan fingerprint density at radius 1 is 1.02 bits per heavy atom. The molecule has 0 radical (unpaired) electrons. The number of hydrogen-bond donors (Lipinski definition) is 1. The van der Waals surface area contributed by atoms with E-state index in [4.69, 9.17) is 9.72 Å². The second-order valence-corrected chi connectivity index (χ2v) is 11.7. The van der Waals surface area contributed by atoms with E-state index in [1.807, 2.05) is 13.0 Å². The normalized spacial score (nSPS) is 17.6. The molecule has 1 atom stereocenters. The van der Waals surface area contributed by atoms with Crippen molar-refractivity contribution >= 4 is 34.3 Å². The minimum absolute atomic E-state index is 0.00434. The Morgan fingerprint density at radius 2 is 1.77 bits per heavy atom. The lowest BCUT2D eigenvalue weighted by molar-refractivity contribution is -0.130. The summed E-state index contributed by atoms with van der Waals surface area (Å²) < 4.78 is 6.87. The first-order chi connectivity index (χ1) is 21.2. The van der Waals surface area contributed by atoms with E-state index in [9.17, 15) is 9.59 Å². The number of carbonyl (C=O) groups is 1. The molecule has 0 saturated carbocycles. The minimum atomic E-state index is -0.242. The maximum atomic E-state index is 14.3. The number of nitrogens with one attached hydrogen (secondary N) is 1. The van der Waals surface area contributed by atoms with Gasteiger partial charge in [0, 0.05) is 87.1 Å². The molecule has 44 heavy (non-hydrogen) atoms. The van der Waals surface area contributed by atoms with E-state index in [0.717, 1.165) is 55.7 Å². The first-order valence-electron chi connectivity index (χ1n) is 15.1. The van der Waals surface area contributed by atoms with Crippen molar-refractivity contribution in [2.45, 2.75) is 39.7 Å². The predicted octanol–water partition coefficient (Wildman–Crippen LogP) is 3.55. The van der Waals surface area contributed by atoms with Crippen molar-refractivity contribution in [3.05, 3.63) is 58.3 Å². The second-order valence-electron chi connectivity index (χ2n) is 11.7. The Bertz CT molecular complexity index is 1750. The van der Waals surface area contributed by atoms with Crippen LogP contribution in [0.3, 0.4) is 0 Å². The van der Waals surface area contributed by atoms with E-state index in [2.05, 4.69) is 56.2 Å². The molecule has 1 N–H and O–H groups in total. The van der Waals surface area contributed by atoms with Gasteiger partial charge >= 0.3 is 6.01 Å². The summed E-state index contributed by atoms with van der Waals surface area (Å²) in [7, 11) is 3.66. The van der Waals surface area contributed by atoms with Gasteiger partial charge in [-0.25, -0.2) is 15.0 Å². The number of aromatic nitrogens is 5. The number of likely N-dealkylation sites (N-methyl/N-ethyl adjacent to an activating group) is 1. The summed E-state index contributed by atoms with van der Waals surface area (Å²) in [5.74, 6) is 0.395. The van der Waals surface area contributed by atoms with Crippen molar-refractivity contribution in [1.29, 1.82) is 0 Å². The molecule has 12 nitrogen and oxygen atoms in total. The van der Waals surface area contributed by atoms with Crippen LogP contribution in [0, 0.1) is 13.8 Å². The molecule has 6 rings (SSSR count). The van der Waals surface area contributed by atoms with Crippen LogP contribution in [-0.4, -0.2) is 93.6 Å². The van der Waals surface area contributed by atoms with Crippen molar-refractivity contribution in [1.82, 2.24) is 34.3 Å². The topological polar surface area (TPSA) is 122 Å². The number of benzene rings is 1. The molecule has 0 spiro atoms. The van der Waals surface area contributed by atoms with Gasteiger partial charge in [0.2, 0.25) is 11.9 Å². The molecule has 230 valence electrons. The average molecular weight is 598 g/mol. The zero-order chi connectivity index (χ0) is 31.0. The molecule has 1 aromatic carbocycles. The van der Waals surface area contributed by atoms with Gasteiger partial charge in [-0.3, -0.25) is 14.2 Å². The molecule has 1 amide bonds. The highest BCUT2D eigenvalue weighted by Crippen LogP contribution is 2.31. The number of rotatable bonds is 6. The predicted molar refractivity (Wildman–Crippen MR) is 171 cm³/mol. The summed E-state index contributed by atoms with van der Waals surface area (Å²) in [5, 5.41) is 4.12. The van der Waals surface area contributed by atoms with E-state index >= 15 is 0 Å². The van der Waals surface area contributed by atoms with E-state index < -0.39 is 0 Å². The number of ether oxygens (including phenoxy) is 1. The first kappa shape index (κ1) is 29.5. The number of piperidine rings is 1. The van der Waals surface area contributed by atoms with E-state index in [1.165, 1.54) is 18.4 Å². The van der Waals surface area contributed by atoms with Crippen molar-refractivity contribution < 1.29 is 9.53 Å². The first-order valence-corrected chi connectivity index (χ1v) is 15.1. The molecule has 4 aromatic rings. The maximum absolute atomic E-state index is 14.3. The number of likely N-dealkylation sites (tertiary alicyclic amines) is 1. The maximum Gasteiger partial charge on any atom is 0.316 e. The molecule has 3 aromatic heterocycles. The minimum Gasteiger partial charge on any atom is -0.467 e. The summed E-state index contributed by atoms with van der Waals surface area (Å²) in [5.41, 5.74) is 5.42. The Kier molecular flexibility index (Phi) is 8.17. The van der Waals surface area contributed by atoms with Gasteiger partial charge in [0.25, 0.3) is 5.56 Å². The number of pyridine rings is 1. The van der Waals surface area contributed by atoms with Crippen LogP contribution < -0.4 is 20.5 Å².